The normalized spacial score (nSPS) is 14.6. The monoisotopic (exact) mass is 393 g/mol. The number of hydrogen-bond donors (Lipinski definition) is 2. The van der Waals surface area contributed by atoms with E-state index in [1.54, 1.807) is 20.4 Å². The van der Waals surface area contributed by atoms with Crippen LogP contribution in [0.1, 0.15) is 12.1 Å². The number of nitrogens with zero attached hydrogens (tertiary/aromatic N) is 2. The minimum absolute atomic E-state index is 0.0689. The molecular weight excluding hydrogens is 370 g/mol. The number of pyridine rings is 1. The van der Waals surface area contributed by atoms with E-state index in [-0.39, 0.29) is 6.54 Å². The van der Waals surface area contributed by atoms with Gasteiger partial charge in [0.1, 0.15) is 17.1 Å². The van der Waals surface area contributed by atoms with E-state index in [0.29, 0.717) is 6.54 Å². The fourth-order valence-electron chi connectivity index (χ4n) is 3.75. The number of aromatic amines is 1. The van der Waals surface area contributed by atoms with Gasteiger partial charge in [-0.1, -0.05) is 6.08 Å². The molecule has 0 fully saturated rings. The Morgan fingerprint density at radius 2 is 2.07 bits per heavy atom. The maximum atomic E-state index is 10.9. The average Bonchev–Trinajstić information content (AvgIpc) is 3.18. The van der Waals surface area contributed by atoms with Crippen LogP contribution in [0.5, 0.6) is 11.5 Å². The molecule has 0 saturated carbocycles. The number of ether oxygens (including phenoxy) is 2. The molecule has 7 nitrogen and oxygen atoms in total. The average molecular weight is 393 g/mol. The zero-order valence-corrected chi connectivity index (χ0v) is 16.4. The van der Waals surface area contributed by atoms with Gasteiger partial charge in [0.15, 0.2) is 0 Å². The Labute approximate surface area is 168 Å². The highest BCUT2D eigenvalue weighted by Crippen LogP contribution is 2.37. The van der Waals surface area contributed by atoms with Crippen LogP contribution >= 0.6 is 0 Å². The molecule has 0 amide bonds. The number of carboxylic acids is 1. The first-order chi connectivity index (χ1) is 14.1. The van der Waals surface area contributed by atoms with Crippen LogP contribution in [0, 0.1) is 0 Å². The molecule has 150 valence electrons. The minimum Gasteiger partial charge on any atom is -0.497 e. The van der Waals surface area contributed by atoms with Crippen LogP contribution in [0.4, 0.5) is 0 Å². The van der Waals surface area contributed by atoms with E-state index in [4.69, 9.17) is 14.6 Å². The van der Waals surface area contributed by atoms with E-state index in [1.807, 2.05) is 29.2 Å². The Bertz CT molecular complexity index is 1090. The highest BCUT2D eigenvalue weighted by Gasteiger charge is 2.18. The standard InChI is InChI=1S/C22H23N3O4/c1-28-15-3-4-17(20(11-15)29-2)16-5-8-23-22-18(16)12-19(24-22)14-6-9-25(10-7-14)13-21(26)27/h3-6,8,11-12H,7,9-10,13H2,1-2H3,(H,23,24)(H,26,27). The van der Waals surface area contributed by atoms with Crippen molar-refractivity contribution in [1.82, 2.24) is 14.9 Å². The van der Waals surface area contributed by atoms with Crippen molar-refractivity contribution in [2.24, 2.45) is 0 Å². The number of nitrogens with one attached hydrogen (secondary N) is 1. The predicted molar refractivity (Wildman–Crippen MR) is 111 cm³/mol. The lowest BCUT2D eigenvalue weighted by Gasteiger charge is -2.24. The summed E-state index contributed by atoms with van der Waals surface area (Å²) in [6.45, 7) is 1.42. The van der Waals surface area contributed by atoms with Crippen molar-refractivity contribution in [3.63, 3.8) is 0 Å². The Kier molecular flexibility index (Phi) is 5.22. The Morgan fingerprint density at radius 1 is 1.21 bits per heavy atom. The van der Waals surface area contributed by atoms with Crippen LogP contribution in [0.15, 0.2) is 42.6 Å². The minimum atomic E-state index is -0.797. The molecule has 1 aromatic carbocycles. The summed E-state index contributed by atoms with van der Waals surface area (Å²) in [7, 11) is 3.28. The quantitative estimate of drug-likeness (QED) is 0.667. The lowest BCUT2D eigenvalue weighted by Crippen LogP contribution is -2.33. The number of carboxylic acid groups (broad SMARTS) is 1. The van der Waals surface area contributed by atoms with E-state index in [2.05, 4.69) is 22.1 Å². The zero-order valence-electron chi connectivity index (χ0n) is 16.4. The van der Waals surface area contributed by atoms with Gasteiger partial charge in [-0.2, -0.15) is 0 Å². The van der Waals surface area contributed by atoms with Crippen LogP contribution in [-0.2, 0) is 4.79 Å². The first-order valence-electron chi connectivity index (χ1n) is 9.42. The lowest BCUT2D eigenvalue weighted by molar-refractivity contribution is -0.138. The summed E-state index contributed by atoms with van der Waals surface area (Å²) < 4.78 is 10.9. The first-order valence-corrected chi connectivity index (χ1v) is 9.42. The third-order valence-corrected chi connectivity index (χ3v) is 5.23. The van der Waals surface area contributed by atoms with Gasteiger partial charge in [-0.15, -0.1) is 0 Å². The highest BCUT2D eigenvalue weighted by molar-refractivity contribution is 5.97. The van der Waals surface area contributed by atoms with Crippen molar-refractivity contribution in [3.05, 3.63) is 48.3 Å². The van der Waals surface area contributed by atoms with Gasteiger partial charge in [0, 0.05) is 42.0 Å². The summed E-state index contributed by atoms with van der Waals surface area (Å²) in [5.74, 6) is 0.680. The molecule has 1 aliphatic rings. The number of aromatic nitrogens is 2. The number of fused-ring (bicyclic) bond motifs is 1. The first kappa shape index (κ1) is 19.0. The van der Waals surface area contributed by atoms with Crippen molar-refractivity contribution in [2.75, 3.05) is 33.9 Å². The SMILES string of the molecule is COc1ccc(-c2ccnc3[nH]c(C4=CCN(CC(=O)O)CC4)cc23)c(OC)c1. The molecule has 0 spiro atoms. The van der Waals surface area contributed by atoms with Gasteiger partial charge in [0.05, 0.1) is 20.8 Å². The number of hydrogen-bond acceptors (Lipinski definition) is 5. The maximum Gasteiger partial charge on any atom is 0.317 e. The number of methoxy groups -OCH3 is 2. The molecule has 0 atom stereocenters. The summed E-state index contributed by atoms with van der Waals surface area (Å²) in [5, 5.41) is 9.98. The van der Waals surface area contributed by atoms with Crippen molar-refractivity contribution in [2.45, 2.75) is 6.42 Å². The van der Waals surface area contributed by atoms with E-state index < -0.39 is 5.97 Å². The maximum absolute atomic E-state index is 10.9. The second-order valence-corrected chi connectivity index (χ2v) is 6.98. The van der Waals surface area contributed by atoms with Gasteiger partial charge in [-0.3, -0.25) is 9.69 Å². The Hall–Kier alpha value is -3.32. The number of carbonyl (C=O) groups is 1. The highest BCUT2D eigenvalue weighted by atomic mass is 16.5. The van der Waals surface area contributed by atoms with Gasteiger partial charge in [0.2, 0.25) is 0 Å². The van der Waals surface area contributed by atoms with E-state index in [1.165, 1.54) is 5.57 Å². The molecule has 0 aliphatic carbocycles. The molecule has 1 aliphatic heterocycles. The van der Waals surface area contributed by atoms with E-state index in [0.717, 1.165) is 52.3 Å². The number of H-pyrrole nitrogens is 1. The van der Waals surface area contributed by atoms with Crippen LogP contribution in [-0.4, -0.2) is 59.8 Å². The second kappa shape index (κ2) is 7.97. The summed E-state index contributed by atoms with van der Waals surface area (Å²) in [4.78, 5) is 20.7. The summed E-state index contributed by atoms with van der Waals surface area (Å²) in [5.41, 5.74) is 5.00. The number of aliphatic carboxylic acids is 1. The molecule has 3 aromatic rings. The third-order valence-electron chi connectivity index (χ3n) is 5.23. The topological polar surface area (TPSA) is 87.7 Å². The van der Waals surface area contributed by atoms with Crippen LogP contribution < -0.4 is 9.47 Å². The number of benzene rings is 1. The fraction of sp³-hybridized carbons (Fsp3) is 0.273. The zero-order chi connectivity index (χ0) is 20.4. The molecule has 2 N–H and O–H groups in total. The molecule has 3 heterocycles. The van der Waals surface area contributed by atoms with Gasteiger partial charge in [0.25, 0.3) is 0 Å². The third kappa shape index (κ3) is 3.82. The molecule has 0 radical (unpaired) electrons. The molecule has 0 saturated heterocycles. The number of rotatable bonds is 6. The summed E-state index contributed by atoms with van der Waals surface area (Å²) >= 11 is 0. The second-order valence-electron chi connectivity index (χ2n) is 6.98. The van der Waals surface area contributed by atoms with Gasteiger partial charge in [-0.05, 0) is 41.8 Å². The lowest BCUT2D eigenvalue weighted by atomic mass is 10.0. The van der Waals surface area contributed by atoms with Gasteiger partial charge in [-0.25, -0.2) is 4.98 Å². The Balaban J connectivity index is 1.70. The van der Waals surface area contributed by atoms with Gasteiger partial charge < -0.3 is 19.6 Å². The van der Waals surface area contributed by atoms with Crippen LogP contribution in [0.25, 0.3) is 27.7 Å². The Morgan fingerprint density at radius 3 is 2.76 bits per heavy atom. The molecular formula is C22H23N3O4. The largest absolute Gasteiger partial charge is 0.497 e. The summed E-state index contributed by atoms with van der Waals surface area (Å²) in [6, 6.07) is 9.87. The molecule has 0 unspecified atom stereocenters. The molecule has 4 rings (SSSR count). The summed E-state index contributed by atoms with van der Waals surface area (Å²) in [6.07, 6.45) is 4.66. The van der Waals surface area contributed by atoms with E-state index >= 15 is 0 Å². The fourth-order valence-corrected chi connectivity index (χ4v) is 3.75. The molecule has 29 heavy (non-hydrogen) atoms. The van der Waals surface area contributed by atoms with Crippen molar-refractivity contribution < 1.29 is 19.4 Å². The van der Waals surface area contributed by atoms with Crippen LogP contribution in [0.2, 0.25) is 0 Å². The van der Waals surface area contributed by atoms with Crippen molar-refractivity contribution >= 4 is 22.6 Å². The molecule has 0 bridgehead atoms. The van der Waals surface area contributed by atoms with Crippen LogP contribution in [0.3, 0.4) is 0 Å². The van der Waals surface area contributed by atoms with Crippen molar-refractivity contribution in [1.29, 1.82) is 0 Å². The molecule has 2 aromatic heterocycles. The predicted octanol–water partition coefficient (Wildman–Crippen LogP) is 3.42. The molecule has 7 heteroatoms. The smallest absolute Gasteiger partial charge is 0.317 e. The van der Waals surface area contributed by atoms with Crippen molar-refractivity contribution in [3.8, 4) is 22.6 Å². The van der Waals surface area contributed by atoms with Gasteiger partial charge >= 0.3 is 5.97 Å². The van der Waals surface area contributed by atoms with E-state index in [9.17, 15) is 4.79 Å².